The van der Waals surface area contributed by atoms with Gasteiger partial charge in [-0.15, -0.1) is 0 Å². The molecule has 9 unspecified atom stereocenters. The molecule has 0 radical (unpaired) electrons. The third kappa shape index (κ3) is 10.4. The Morgan fingerprint density at radius 3 is 1.75 bits per heavy atom. The van der Waals surface area contributed by atoms with Gasteiger partial charge in [0.05, 0.1) is 114 Å². The Hall–Kier alpha value is -8.76. The van der Waals surface area contributed by atoms with Gasteiger partial charge in [0, 0.05) is 58.9 Å². The van der Waals surface area contributed by atoms with Crippen LogP contribution in [-0.2, 0) is 0 Å². The number of nitriles is 3. The fourth-order valence-electron chi connectivity index (χ4n) is 11.2. The number of aromatic hydroxyl groups is 2. The van der Waals surface area contributed by atoms with E-state index in [9.17, 15) is 46.1 Å². The highest BCUT2D eigenvalue weighted by Gasteiger charge is 2.34. The number of rotatable bonds is 12. The summed E-state index contributed by atoms with van der Waals surface area (Å²) in [5.74, 6) is 0.762. The lowest BCUT2D eigenvalue weighted by molar-refractivity contribution is 0.169. The van der Waals surface area contributed by atoms with E-state index in [0.29, 0.717) is 82.5 Å². The molecule has 24 nitrogen and oxygen atoms in total. The standard InChI is InChI=1S/3C17H18N6O2/c18-5-3-14(10-1-2-11(24)7-10)23-8-13(17(25)22-23)15-12-4-6-19-16(12)21-9-20-15;18-4-3-14(10-1-2-12(24)5-10)23-8-11(7-21-23)16-13-6-15(25)22-17(13)20-9-19-16;18-4-3-13(10-1-2-12(24)5-10)23-8-11(6-22-23)16-15-14(25)7-19-17(15)21-9-20-16/h4,6,8-11,14,24H,1-3,7H2,(H,22,25)(H,19,20,21);6-10,12,14,24-25H,1-3,5H2,(H,19,20,22);6-10,12-13,24-25H,1-3,5H2,(H,19,20,21). The number of aromatic nitrogens is 15. The quantitative estimate of drug-likeness (QED) is 0.0675. The van der Waals surface area contributed by atoms with E-state index >= 15 is 0 Å². The molecule has 384 valence electrons. The van der Waals surface area contributed by atoms with Crippen LogP contribution in [0.1, 0.15) is 95.2 Å². The van der Waals surface area contributed by atoms with Crippen LogP contribution in [0.2, 0.25) is 0 Å². The predicted molar refractivity (Wildman–Crippen MR) is 269 cm³/mol. The van der Waals surface area contributed by atoms with Crippen LogP contribution in [0.5, 0.6) is 11.6 Å². The molecule has 0 spiro atoms. The van der Waals surface area contributed by atoms with Gasteiger partial charge in [-0.2, -0.15) is 26.0 Å². The van der Waals surface area contributed by atoms with E-state index in [2.05, 4.69) is 78.4 Å². The Balaban J connectivity index is 0.000000128. The molecule has 3 fully saturated rings. The fourth-order valence-corrected chi connectivity index (χ4v) is 11.2. The van der Waals surface area contributed by atoms with E-state index in [-0.39, 0.29) is 77.8 Å². The lowest BCUT2D eigenvalue weighted by Gasteiger charge is -2.22. The minimum absolute atomic E-state index is 0.0337. The molecule has 9 atom stereocenters. The van der Waals surface area contributed by atoms with Gasteiger partial charge in [0.1, 0.15) is 41.7 Å². The summed E-state index contributed by atoms with van der Waals surface area (Å²) in [6.07, 6.45) is 23.4. The number of H-pyrrole nitrogens is 4. The molecule has 9 heterocycles. The summed E-state index contributed by atoms with van der Waals surface area (Å²) >= 11 is 0. The third-order valence-electron chi connectivity index (χ3n) is 14.9. The largest absolute Gasteiger partial charge is 0.506 e. The summed E-state index contributed by atoms with van der Waals surface area (Å²) in [5, 5.41) is 90.5. The zero-order valence-electron chi connectivity index (χ0n) is 40.5. The first kappa shape index (κ1) is 49.8. The molecular formula is C51H54N18O6. The Morgan fingerprint density at radius 2 is 1.16 bits per heavy atom. The molecule has 0 aliphatic heterocycles. The first-order valence-electron chi connectivity index (χ1n) is 24.9. The van der Waals surface area contributed by atoms with Gasteiger partial charge in [-0.05, 0) is 81.6 Å². The number of aliphatic hydroxyl groups excluding tert-OH is 3. The van der Waals surface area contributed by atoms with Crippen molar-refractivity contribution in [3.8, 4) is 63.6 Å². The minimum Gasteiger partial charge on any atom is -0.506 e. The van der Waals surface area contributed by atoms with Crippen LogP contribution in [-0.4, -0.2) is 118 Å². The molecule has 3 aliphatic carbocycles. The van der Waals surface area contributed by atoms with E-state index in [4.69, 9.17) is 0 Å². The molecule has 0 bridgehead atoms. The molecule has 3 saturated carbocycles. The minimum atomic E-state index is -0.325. The highest BCUT2D eigenvalue weighted by atomic mass is 16.3. The van der Waals surface area contributed by atoms with Gasteiger partial charge in [0.25, 0.3) is 5.56 Å². The van der Waals surface area contributed by atoms with Crippen molar-refractivity contribution in [1.82, 2.24) is 74.2 Å². The number of nitrogens with one attached hydrogen (secondary N) is 4. The second-order valence-electron chi connectivity index (χ2n) is 19.5. The average Bonchev–Trinajstić information content (AvgIpc) is 4.26. The highest BCUT2D eigenvalue weighted by Crippen LogP contribution is 2.40. The van der Waals surface area contributed by atoms with E-state index in [1.165, 1.54) is 25.2 Å². The molecule has 24 heteroatoms. The summed E-state index contributed by atoms with van der Waals surface area (Å²) in [6.45, 7) is 0. The molecule has 12 rings (SSSR count). The lowest BCUT2D eigenvalue weighted by atomic mass is 9.96. The molecule has 0 aromatic carbocycles. The van der Waals surface area contributed by atoms with Crippen LogP contribution in [0, 0.1) is 51.7 Å². The van der Waals surface area contributed by atoms with Crippen molar-refractivity contribution in [3.05, 3.63) is 84.8 Å². The Labute approximate surface area is 427 Å². The first-order valence-corrected chi connectivity index (χ1v) is 24.9. The second-order valence-corrected chi connectivity index (χ2v) is 19.5. The summed E-state index contributed by atoms with van der Waals surface area (Å²) in [7, 11) is 0. The van der Waals surface area contributed by atoms with Crippen LogP contribution >= 0.6 is 0 Å². The summed E-state index contributed by atoms with van der Waals surface area (Å²) < 4.78 is 5.31. The number of hydrogen-bond acceptors (Lipinski definition) is 17. The van der Waals surface area contributed by atoms with Gasteiger partial charge in [0.2, 0.25) is 0 Å². The van der Waals surface area contributed by atoms with Crippen LogP contribution in [0.4, 0.5) is 0 Å². The number of hydrogen-bond donors (Lipinski definition) is 9. The first-order chi connectivity index (χ1) is 36.5. The monoisotopic (exact) mass is 1010 g/mol. The highest BCUT2D eigenvalue weighted by molar-refractivity contribution is 5.95. The van der Waals surface area contributed by atoms with Crippen molar-refractivity contribution in [2.75, 3.05) is 0 Å². The average molecular weight is 1020 g/mol. The van der Waals surface area contributed by atoms with Gasteiger partial charge in [-0.25, -0.2) is 29.9 Å². The van der Waals surface area contributed by atoms with Crippen molar-refractivity contribution >= 4 is 33.1 Å². The fraction of sp³-hybridized carbons (Fsp3) is 0.412. The van der Waals surface area contributed by atoms with Gasteiger partial charge in [0.15, 0.2) is 5.88 Å². The lowest BCUT2D eigenvalue weighted by Crippen LogP contribution is -2.20. The van der Waals surface area contributed by atoms with Gasteiger partial charge < -0.3 is 40.5 Å². The van der Waals surface area contributed by atoms with Gasteiger partial charge >= 0.3 is 0 Å². The van der Waals surface area contributed by atoms with Gasteiger partial charge in [-0.1, -0.05) is 0 Å². The summed E-state index contributed by atoms with van der Waals surface area (Å²) in [6, 6.07) is 9.78. The molecule has 9 aromatic heterocycles. The van der Waals surface area contributed by atoms with Crippen molar-refractivity contribution in [3.63, 3.8) is 0 Å². The number of nitrogens with zero attached hydrogens (tertiary/aromatic N) is 14. The maximum absolute atomic E-state index is 12.5. The second kappa shape index (κ2) is 21.8. The number of fused-ring (bicyclic) bond motifs is 3. The number of aromatic amines is 4. The zero-order chi connectivity index (χ0) is 52.2. The van der Waals surface area contributed by atoms with Crippen molar-refractivity contribution in [2.24, 2.45) is 17.8 Å². The molecule has 75 heavy (non-hydrogen) atoms. The van der Waals surface area contributed by atoms with Crippen molar-refractivity contribution in [1.29, 1.82) is 15.8 Å². The predicted octanol–water partition coefficient (Wildman–Crippen LogP) is 6.02. The smallest absolute Gasteiger partial charge is 0.273 e. The Kier molecular flexibility index (Phi) is 14.4. The summed E-state index contributed by atoms with van der Waals surface area (Å²) in [5.41, 5.74) is 5.38. The van der Waals surface area contributed by atoms with Crippen LogP contribution in [0.3, 0.4) is 0 Å². The molecule has 0 amide bonds. The van der Waals surface area contributed by atoms with E-state index in [1.54, 1.807) is 40.2 Å². The molecule has 0 saturated heterocycles. The normalized spacial score (nSPS) is 21.4. The van der Waals surface area contributed by atoms with E-state index in [1.807, 2.05) is 23.1 Å². The molecule has 9 aromatic rings. The summed E-state index contributed by atoms with van der Waals surface area (Å²) in [4.78, 5) is 46.4. The van der Waals surface area contributed by atoms with Gasteiger partial charge in [-0.3, -0.25) is 23.9 Å². The van der Waals surface area contributed by atoms with E-state index < -0.39 is 0 Å². The maximum atomic E-state index is 12.5. The molecule has 3 aliphatic rings. The van der Waals surface area contributed by atoms with Crippen molar-refractivity contribution < 1.29 is 25.5 Å². The molecule has 9 N–H and O–H groups in total. The maximum Gasteiger partial charge on any atom is 0.273 e. The number of aliphatic hydroxyl groups is 3. The van der Waals surface area contributed by atoms with Crippen LogP contribution < -0.4 is 5.56 Å². The van der Waals surface area contributed by atoms with Crippen molar-refractivity contribution in [2.45, 2.75) is 113 Å². The third-order valence-corrected chi connectivity index (χ3v) is 14.9. The Bertz CT molecular complexity index is 3610. The zero-order valence-corrected chi connectivity index (χ0v) is 40.5. The SMILES string of the molecule is N#CCC(C1CCC(O)C1)n1cc(-c2ncnc3[nH]c(O)cc23)cn1.N#CCC(C1CCC(O)C1)n1cc(-c2ncnc3[nH]cc(O)c23)cn1.N#CCC(C1CCC(O)C1)n1cc(-c2ncnc3[nH]ccc23)c(=O)[nH]1. The molecular weight excluding hydrogens is 961 g/mol. The Morgan fingerprint density at radius 1 is 0.627 bits per heavy atom. The van der Waals surface area contributed by atoms with Crippen LogP contribution in [0.25, 0.3) is 66.9 Å². The van der Waals surface area contributed by atoms with E-state index in [0.717, 1.165) is 55.0 Å². The van der Waals surface area contributed by atoms with Crippen LogP contribution in [0.15, 0.2) is 79.3 Å². The topological polar surface area (TPSA) is 371 Å².